The molecule has 0 spiro atoms. The van der Waals surface area contributed by atoms with Gasteiger partial charge < -0.3 is 21.2 Å². The molecule has 0 radical (unpaired) electrons. The highest BCUT2D eigenvalue weighted by molar-refractivity contribution is 7.80. The molecular weight excluding hydrogens is 270 g/mol. The third-order valence-corrected chi connectivity index (χ3v) is 3.71. The van der Waals surface area contributed by atoms with Gasteiger partial charge in [0.2, 0.25) is 0 Å². The van der Waals surface area contributed by atoms with E-state index in [0.717, 1.165) is 25.0 Å². The van der Waals surface area contributed by atoms with Crippen LogP contribution in [0.3, 0.4) is 0 Å². The molecular formula is C15H27N3OS. The Hall–Kier alpha value is -1.07. The maximum absolute atomic E-state index is 5.75. The second kappa shape index (κ2) is 9.77. The van der Waals surface area contributed by atoms with Gasteiger partial charge in [-0.3, -0.25) is 0 Å². The topological polar surface area (TPSA) is 77.2 Å². The van der Waals surface area contributed by atoms with E-state index >= 15 is 0 Å². The summed E-state index contributed by atoms with van der Waals surface area (Å²) in [6.45, 7) is 2.78. The van der Waals surface area contributed by atoms with Gasteiger partial charge in [-0.15, -0.1) is 0 Å². The number of hydrogen-bond acceptors (Lipinski definition) is 3. The first-order valence-corrected chi connectivity index (χ1v) is 7.85. The SMILES string of the molecule is CCCC[C@@H](CCC(CN)NC(N)=S)Cc1ccco1. The molecule has 1 unspecified atom stereocenters. The molecule has 2 atom stereocenters. The van der Waals surface area contributed by atoms with E-state index in [9.17, 15) is 0 Å². The van der Waals surface area contributed by atoms with Gasteiger partial charge in [-0.1, -0.05) is 26.2 Å². The van der Waals surface area contributed by atoms with Crippen molar-refractivity contribution in [1.29, 1.82) is 0 Å². The summed E-state index contributed by atoms with van der Waals surface area (Å²) in [5.74, 6) is 1.70. The van der Waals surface area contributed by atoms with E-state index in [0.29, 0.717) is 17.6 Å². The van der Waals surface area contributed by atoms with Crippen LogP contribution in [0.1, 0.15) is 44.8 Å². The van der Waals surface area contributed by atoms with Crippen molar-refractivity contribution in [3.8, 4) is 0 Å². The summed E-state index contributed by atoms with van der Waals surface area (Å²) in [6.07, 6.45) is 8.53. The minimum atomic E-state index is 0.174. The molecule has 0 saturated heterocycles. The highest BCUT2D eigenvalue weighted by atomic mass is 32.1. The van der Waals surface area contributed by atoms with Crippen LogP contribution in [0.4, 0.5) is 0 Å². The van der Waals surface area contributed by atoms with E-state index in [1.807, 2.05) is 12.1 Å². The number of furan rings is 1. The van der Waals surface area contributed by atoms with Crippen LogP contribution < -0.4 is 16.8 Å². The monoisotopic (exact) mass is 297 g/mol. The third kappa shape index (κ3) is 6.91. The molecule has 1 aromatic rings. The van der Waals surface area contributed by atoms with Crippen LogP contribution in [0.15, 0.2) is 22.8 Å². The molecule has 0 aliphatic heterocycles. The average Bonchev–Trinajstić information content (AvgIpc) is 2.92. The molecule has 0 amide bonds. The van der Waals surface area contributed by atoms with E-state index < -0.39 is 0 Å². The van der Waals surface area contributed by atoms with Crippen LogP contribution in [0, 0.1) is 5.92 Å². The van der Waals surface area contributed by atoms with Crippen molar-refractivity contribution in [2.24, 2.45) is 17.4 Å². The average molecular weight is 297 g/mol. The molecule has 5 heteroatoms. The van der Waals surface area contributed by atoms with Crippen LogP contribution in [0.25, 0.3) is 0 Å². The fraction of sp³-hybridized carbons (Fsp3) is 0.667. The highest BCUT2D eigenvalue weighted by Crippen LogP contribution is 2.21. The molecule has 0 aliphatic rings. The van der Waals surface area contributed by atoms with Gasteiger partial charge in [-0.05, 0) is 43.1 Å². The summed E-state index contributed by atoms with van der Waals surface area (Å²) in [7, 11) is 0. The Bertz CT molecular complexity index is 367. The summed E-state index contributed by atoms with van der Waals surface area (Å²) < 4.78 is 5.46. The molecule has 0 saturated carbocycles. The smallest absolute Gasteiger partial charge is 0.163 e. The Labute approximate surface area is 127 Å². The predicted molar refractivity (Wildman–Crippen MR) is 87.4 cm³/mol. The minimum Gasteiger partial charge on any atom is -0.469 e. The molecule has 5 N–H and O–H groups in total. The van der Waals surface area contributed by atoms with Crippen molar-refractivity contribution in [2.45, 2.75) is 51.5 Å². The van der Waals surface area contributed by atoms with Crippen LogP contribution in [-0.2, 0) is 6.42 Å². The summed E-state index contributed by atoms with van der Waals surface area (Å²) >= 11 is 4.88. The second-order valence-corrected chi connectivity index (χ2v) is 5.75. The molecule has 0 aliphatic carbocycles. The summed E-state index contributed by atoms with van der Waals surface area (Å²) in [5, 5.41) is 3.39. The molecule has 1 rings (SSSR count). The van der Waals surface area contributed by atoms with Crippen LogP contribution >= 0.6 is 12.2 Å². The van der Waals surface area contributed by atoms with E-state index in [1.54, 1.807) is 6.26 Å². The van der Waals surface area contributed by atoms with Gasteiger partial charge in [0.25, 0.3) is 0 Å². The fourth-order valence-corrected chi connectivity index (χ4v) is 2.61. The molecule has 1 heterocycles. The number of rotatable bonds is 10. The number of nitrogens with one attached hydrogen (secondary N) is 1. The quantitative estimate of drug-likeness (QED) is 0.579. The van der Waals surface area contributed by atoms with Crippen LogP contribution in [0.5, 0.6) is 0 Å². The number of hydrogen-bond donors (Lipinski definition) is 3. The first kappa shape index (κ1) is 17.0. The van der Waals surface area contributed by atoms with E-state index in [4.69, 9.17) is 28.1 Å². The van der Waals surface area contributed by atoms with Crippen molar-refractivity contribution < 1.29 is 4.42 Å². The molecule has 4 nitrogen and oxygen atoms in total. The van der Waals surface area contributed by atoms with Gasteiger partial charge in [-0.2, -0.15) is 0 Å². The standard InChI is InChI=1S/C15H27N3OS/c1-2-3-5-12(10-14-6-4-9-19-14)7-8-13(11-16)18-15(17)20/h4,6,9,12-13H,2-3,5,7-8,10-11,16H2,1H3,(H3,17,18,20)/t12-,13?/m0/s1. The van der Waals surface area contributed by atoms with E-state index in [1.165, 1.54) is 19.3 Å². The van der Waals surface area contributed by atoms with Crippen molar-refractivity contribution in [3.63, 3.8) is 0 Å². The fourth-order valence-electron chi connectivity index (χ4n) is 2.44. The molecule has 0 fully saturated rings. The van der Waals surface area contributed by atoms with E-state index in [-0.39, 0.29) is 6.04 Å². The van der Waals surface area contributed by atoms with Gasteiger partial charge in [0.15, 0.2) is 5.11 Å². The Morgan fingerprint density at radius 3 is 2.75 bits per heavy atom. The summed E-state index contributed by atoms with van der Waals surface area (Å²) in [6, 6.07) is 4.17. The number of nitrogens with two attached hydrogens (primary N) is 2. The molecule has 114 valence electrons. The maximum atomic E-state index is 5.75. The lowest BCUT2D eigenvalue weighted by Crippen LogP contribution is -2.43. The number of unbranched alkanes of at least 4 members (excludes halogenated alkanes) is 1. The lowest BCUT2D eigenvalue weighted by Gasteiger charge is -2.21. The van der Waals surface area contributed by atoms with Gasteiger partial charge >= 0.3 is 0 Å². The minimum absolute atomic E-state index is 0.174. The zero-order chi connectivity index (χ0) is 14.8. The Morgan fingerprint density at radius 1 is 1.40 bits per heavy atom. The van der Waals surface area contributed by atoms with Gasteiger partial charge in [0.05, 0.1) is 6.26 Å². The van der Waals surface area contributed by atoms with Crippen molar-refractivity contribution in [3.05, 3.63) is 24.2 Å². The summed E-state index contributed by atoms with van der Waals surface area (Å²) in [4.78, 5) is 0. The molecule has 20 heavy (non-hydrogen) atoms. The molecule has 0 aromatic carbocycles. The lowest BCUT2D eigenvalue weighted by molar-refractivity contribution is 0.363. The third-order valence-electron chi connectivity index (χ3n) is 3.59. The Balaban J connectivity index is 2.44. The number of thiocarbonyl (C=S) groups is 1. The van der Waals surface area contributed by atoms with E-state index in [2.05, 4.69) is 12.2 Å². The Kier molecular flexibility index (Phi) is 8.30. The molecule has 1 aromatic heterocycles. The first-order chi connectivity index (χ1) is 9.65. The maximum Gasteiger partial charge on any atom is 0.163 e. The van der Waals surface area contributed by atoms with Crippen LogP contribution in [0.2, 0.25) is 0 Å². The predicted octanol–water partition coefficient (Wildman–Crippen LogP) is 2.57. The van der Waals surface area contributed by atoms with Crippen molar-refractivity contribution >= 4 is 17.3 Å². The largest absolute Gasteiger partial charge is 0.469 e. The van der Waals surface area contributed by atoms with Crippen molar-refractivity contribution in [1.82, 2.24) is 5.32 Å². The van der Waals surface area contributed by atoms with Gasteiger partial charge in [0.1, 0.15) is 5.76 Å². The zero-order valence-electron chi connectivity index (χ0n) is 12.3. The zero-order valence-corrected chi connectivity index (χ0v) is 13.1. The van der Waals surface area contributed by atoms with Gasteiger partial charge in [0, 0.05) is 19.0 Å². The lowest BCUT2D eigenvalue weighted by atomic mass is 9.91. The Morgan fingerprint density at radius 2 is 2.20 bits per heavy atom. The highest BCUT2D eigenvalue weighted by Gasteiger charge is 2.14. The normalized spacial score (nSPS) is 13.9. The molecule has 0 bridgehead atoms. The second-order valence-electron chi connectivity index (χ2n) is 5.31. The van der Waals surface area contributed by atoms with Crippen LogP contribution in [-0.4, -0.2) is 17.7 Å². The van der Waals surface area contributed by atoms with Gasteiger partial charge in [-0.25, -0.2) is 0 Å². The first-order valence-electron chi connectivity index (χ1n) is 7.44. The van der Waals surface area contributed by atoms with Crippen molar-refractivity contribution in [2.75, 3.05) is 6.54 Å². The summed E-state index contributed by atoms with van der Waals surface area (Å²) in [5.41, 5.74) is 11.3.